The first-order chi connectivity index (χ1) is 10.7. The van der Waals surface area contributed by atoms with E-state index in [4.69, 9.17) is 0 Å². The van der Waals surface area contributed by atoms with Crippen molar-refractivity contribution in [2.45, 2.75) is 18.7 Å². The number of fused-ring (bicyclic) bond motifs is 2. The Balaban J connectivity index is 2.14. The van der Waals surface area contributed by atoms with Gasteiger partial charge in [-0.2, -0.15) is 0 Å². The number of hydrogen-bond donors (Lipinski definition) is 0. The highest BCUT2D eigenvalue weighted by atomic mass is 32.2. The van der Waals surface area contributed by atoms with Crippen LogP contribution < -0.4 is 0 Å². The Kier molecular flexibility index (Phi) is 4.51. The predicted molar refractivity (Wildman–Crippen MR) is 103 cm³/mol. The van der Waals surface area contributed by atoms with Crippen LogP contribution in [0.25, 0.3) is 20.9 Å². The van der Waals surface area contributed by atoms with Gasteiger partial charge in [-0.25, -0.2) is 0 Å². The molecule has 0 bridgehead atoms. The monoisotopic (exact) mass is 322 g/mol. The molecule has 0 amide bonds. The van der Waals surface area contributed by atoms with E-state index in [1.54, 1.807) is 11.8 Å². The molecule has 0 N–H and O–H groups in total. The molecule has 0 spiro atoms. The fourth-order valence-electron chi connectivity index (χ4n) is 2.46. The lowest BCUT2D eigenvalue weighted by Gasteiger charge is -2.03. The zero-order chi connectivity index (χ0) is 15.5. The number of benzene rings is 2. The summed E-state index contributed by atoms with van der Waals surface area (Å²) in [4.78, 5) is 3.89. The normalized spacial score (nSPS) is 12.5. The minimum atomic E-state index is 1.18. The van der Waals surface area contributed by atoms with Crippen molar-refractivity contribution in [1.82, 2.24) is 0 Å². The van der Waals surface area contributed by atoms with Gasteiger partial charge in [-0.05, 0) is 42.8 Å². The Morgan fingerprint density at radius 2 is 1.91 bits per heavy atom. The van der Waals surface area contributed by atoms with Crippen LogP contribution in [0.2, 0.25) is 0 Å². The molecular weight excluding hydrogens is 304 g/mol. The summed E-state index contributed by atoms with van der Waals surface area (Å²) in [5.74, 6) is 0. The van der Waals surface area contributed by atoms with Crippen molar-refractivity contribution >= 4 is 44.0 Å². The summed E-state index contributed by atoms with van der Waals surface area (Å²) in [5, 5.41) is 3.95. The van der Waals surface area contributed by atoms with Gasteiger partial charge < -0.3 is 0 Å². The molecule has 0 atom stereocenters. The lowest BCUT2D eigenvalue weighted by Crippen LogP contribution is -1.76. The van der Waals surface area contributed by atoms with Crippen molar-refractivity contribution in [3.05, 3.63) is 77.1 Å². The van der Waals surface area contributed by atoms with E-state index in [1.165, 1.54) is 35.5 Å². The maximum atomic E-state index is 3.93. The molecule has 2 heteroatoms. The molecule has 0 aliphatic carbocycles. The average Bonchev–Trinajstić information content (AvgIpc) is 2.83. The summed E-state index contributed by atoms with van der Waals surface area (Å²) in [6, 6.07) is 13.2. The maximum Gasteiger partial charge on any atom is 0.0363 e. The summed E-state index contributed by atoms with van der Waals surface area (Å²) >= 11 is 3.67. The minimum Gasteiger partial charge on any atom is -0.139 e. The van der Waals surface area contributed by atoms with Crippen LogP contribution in [-0.4, -0.2) is 0 Å². The lowest BCUT2D eigenvalue weighted by atomic mass is 10.1. The number of aryl methyl sites for hydroxylation is 1. The third kappa shape index (κ3) is 2.90. The Hall–Kier alpha value is -1.77. The van der Waals surface area contributed by atoms with Crippen LogP contribution in [0.4, 0.5) is 0 Å². The Morgan fingerprint density at radius 1 is 1.18 bits per heavy atom. The van der Waals surface area contributed by atoms with Gasteiger partial charge in [0.1, 0.15) is 0 Å². The van der Waals surface area contributed by atoms with Crippen molar-refractivity contribution in [3.8, 4) is 0 Å². The molecule has 22 heavy (non-hydrogen) atoms. The Bertz CT molecular complexity index is 895. The van der Waals surface area contributed by atoms with Gasteiger partial charge in [0.2, 0.25) is 0 Å². The summed E-state index contributed by atoms with van der Waals surface area (Å²) < 4.78 is 1.35. The van der Waals surface area contributed by atoms with Gasteiger partial charge in [-0.15, -0.1) is 11.3 Å². The van der Waals surface area contributed by atoms with Crippen LogP contribution in [-0.2, 0) is 0 Å². The van der Waals surface area contributed by atoms with Crippen molar-refractivity contribution in [2.75, 3.05) is 0 Å². The molecule has 0 nitrogen and oxygen atoms in total. The smallest absolute Gasteiger partial charge is 0.0363 e. The standard InChI is InChI=1S/C20H18S2/c1-4-6-11-17(5-2)22-20-14(3)21-19-13-16-10-8-7-9-15(16)12-18(19)20/h4-13H,2H2,1,3H3/b6-4-,17-11+. The highest BCUT2D eigenvalue weighted by Crippen LogP contribution is 2.42. The first-order valence-corrected chi connectivity index (χ1v) is 8.91. The van der Waals surface area contributed by atoms with Crippen LogP contribution in [0.3, 0.4) is 0 Å². The fraction of sp³-hybridized carbons (Fsp3) is 0.100. The lowest BCUT2D eigenvalue weighted by molar-refractivity contribution is 1.47. The molecular formula is C20H18S2. The van der Waals surface area contributed by atoms with E-state index >= 15 is 0 Å². The number of thiophene rings is 1. The first kappa shape index (κ1) is 15.1. The average molecular weight is 322 g/mol. The molecule has 0 saturated heterocycles. The Morgan fingerprint density at radius 3 is 2.59 bits per heavy atom. The van der Waals surface area contributed by atoms with E-state index in [0.29, 0.717) is 0 Å². The Labute approximate surface area is 139 Å². The van der Waals surface area contributed by atoms with E-state index < -0.39 is 0 Å². The van der Waals surface area contributed by atoms with E-state index in [2.05, 4.69) is 62.1 Å². The third-order valence-electron chi connectivity index (χ3n) is 3.55. The molecule has 0 fully saturated rings. The zero-order valence-electron chi connectivity index (χ0n) is 12.8. The first-order valence-electron chi connectivity index (χ1n) is 7.28. The van der Waals surface area contributed by atoms with E-state index in [-0.39, 0.29) is 0 Å². The molecule has 3 rings (SSSR count). The van der Waals surface area contributed by atoms with Gasteiger partial charge in [0.15, 0.2) is 0 Å². The third-order valence-corrected chi connectivity index (χ3v) is 6.02. The molecule has 1 aromatic heterocycles. The molecule has 3 aromatic rings. The number of hydrogen-bond acceptors (Lipinski definition) is 2. The molecule has 1 heterocycles. The van der Waals surface area contributed by atoms with Crippen LogP contribution in [0.1, 0.15) is 11.8 Å². The fourth-order valence-corrected chi connectivity index (χ4v) is 4.65. The van der Waals surface area contributed by atoms with Crippen LogP contribution in [0, 0.1) is 6.92 Å². The zero-order valence-corrected chi connectivity index (χ0v) is 14.4. The van der Waals surface area contributed by atoms with Gasteiger partial charge in [0, 0.05) is 24.8 Å². The second kappa shape index (κ2) is 6.55. The second-order valence-electron chi connectivity index (χ2n) is 5.08. The van der Waals surface area contributed by atoms with Crippen molar-refractivity contribution in [1.29, 1.82) is 0 Å². The van der Waals surface area contributed by atoms with Crippen molar-refractivity contribution in [3.63, 3.8) is 0 Å². The van der Waals surface area contributed by atoms with E-state index in [1.807, 2.05) is 30.4 Å². The van der Waals surface area contributed by atoms with Crippen LogP contribution in [0.5, 0.6) is 0 Å². The highest BCUT2D eigenvalue weighted by molar-refractivity contribution is 8.03. The summed E-state index contributed by atoms with van der Waals surface area (Å²) in [6.07, 6.45) is 8.13. The van der Waals surface area contributed by atoms with E-state index in [0.717, 1.165) is 0 Å². The molecule has 0 radical (unpaired) electrons. The summed E-state index contributed by atoms with van der Waals surface area (Å²) in [7, 11) is 0. The number of allylic oxidation sites excluding steroid dienone is 4. The topological polar surface area (TPSA) is 0 Å². The highest BCUT2D eigenvalue weighted by Gasteiger charge is 2.11. The molecule has 0 aliphatic heterocycles. The van der Waals surface area contributed by atoms with Crippen LogP contribution in [0.15, 0.2) is 77.1 Å². The minimum absolute atomic E-state index is 1.18. The molecule has 110 valence electrons. The predicted octanol–water partition coefficient (Wildman–Crippen LogP) is 7.10. The maximum absolute atomic E-state index is 3.93. The van der Waals surface area contributed by atoms with Gasteiger partial charge in [0.25, 0.3) is 0 Å². The number of rotatable bonds is 4. The molecule has 0 saturated carbocycles. The second-order valence-corrected chi connectivity index (χ2v) is 7.42. The quantitative estimate of drug-likeness (QED) is 0.364. The van der Waals surface area contributed by atoms with Crippen LogP contribution >= 0.6 is 23.1 Å². The van der Waals surface area contributed by atoms with E-state index in [9.17, 15) is 0 Å². The van der Waals surface area contributed by atoms with Crippen molar-refractivity contribution < 1.29 is 0 Å². The van der Waals surface area contributed by atoms with Gasteiger partial charge in [-0.1, -0.05) is 60.8 Å². The summed E-state index contributed by atoms with van der Waals surface area (Å²) in [6.45, 7) is 8.16. The molecule has 0 aliphatic rings. The van der Waals surface area contributed by atoms with Gasteiger partial charge >= 0.3 is 0 Å². The molecule has 0 unspecified atom stereocenters. The number of thioether (sulfide) groups is 1. The molecule has 2 aromatic carbocycles. The summed E-state index contributed by atoms with van der Waals surface area (Å²) in [5.41, 5.74) is 0. The van der Waals surface area contributed by atoms with Gasteiger partial charge in [-0.3, -0.25) is 0 Å². The van der Waals surface area contributed by atoms with Crippen molar-refractivity contribution in [2.24, 2.45) is 0 Å². The SMILES string of the molecule is C=C/C(=C\C=C/C)Sc1c(C)sc2cc3ccccc3cc12. The largest absolute Gasteiger partial charge is 0.139 e. The van der Waals surface area contributed by atoms with Gasteiger partial charge in [0.05, 0.1) is 0 Å².